The van der Waals surface area contributed by atoms with E-state index in [1.807, 2.05) is 0 Å². The lowest BCUT2D eigenvalue weighted by molar-refractivity contribution is 0.439. The molecule has 1 atom stereocenters. The number of aromatic amines is 1. The zero-order valence-corrected chi connectivity index (χ0v) is 6.38. The van der Waals surface area contributed by atoms with Crippen LogP contribution < -0.4 is 13.9 Å². The zero-order chi connectivity index (χ0) is 8.72. The average molecular weight is 189 g/mol. The van der Waals surface area contributed by atoms with Gasteiger partial charge in [-0.05, 0) is 0 Å². The summed E-state index contributed by atoms with van der Waals surface area (Å²) in [6, 6.07) is 0. The van der Waals surface area contributed by atoms with Gasteiger partial charge in [-0.2, -0.15) is 4.21 Å². The quantitative estimate of drug-likeness (QED) is 0.570. The number of fused-ring (bicyclic) bond motifs is 1. The van der Waals surface area contributed by atoms with E-state index in [1.165, 1.54) is 6.20 Å². The van der Waals surface area contributed by atoms with Gasteiger partial charge in [-0.1, -0.05) is 0 Å². The summed E-state index contributed by atoms with van der Waals surface area (Å²) >= 11 is -1.96. The number of aromatic nitrogens is 1. The molecule has 0 aromatic carbocycles. The third-order valence-electron chi connectivity index (χ3n) is 1.30. The molecule has 2 heterocycles. The maximum atomic E-state index is 10.7. The summed E-state index contributed by atoms with van der Waals surface area (Å²) in [5.74, 6) is -0.749. The zero-order valence-electron chi connectivity index (χ0n) is 5.57. The van der Waals surface area contributed by atoms with Crippen LogP contribution >= 0.6 is 0 Å². The van der Waals surface area contributed by atoms with Crippen LogP contribution in [0.25, 0.3) is 0 Å². The van der Waals surface area contributed by atoms with Gasteiger partial charge in [0.05, 0.1) is 6.20 Å². The minimum absolute atomic E-state index is 0.0606. The number of rotatable bonds is 0. The lowest BCUT2D eigenvalue weighted by Gasteiger charge is -1.93. The summed E-state index contributed by atoms with van der Waals surface area (Å²) < 4.78 is 19.7. The molecule has 2 N–H and O–H groups in total. The fourth-order valence-electron chi connectivity index (χ4n) is 0.786. The van der Waals surface area contributed by atoms with E-state index in [0.29, 0.717) is 0 Å². The molecule has 0 aliphatic carbocycles. The molecule has 0 saturated carbocycles. The van der Waals surface area contributed by atoms with Gasteiger partial charge >= 0.3 is 11.4 Å². The maximum Gasteiger partial charge on any atom is 0.418 e. The number of aromatic hydroxyl groups is 1. The third kappa shape index (κ3) is 0.866. The molecule has 1 aliphatic heterocycles. The summed E-state index contributed by atoms with van der Waals surface area (Å²) in [5.41, 5.74) is -0.712. The first kappa shape index (κ1) is 7.17. The van der Waals surface area contributed by atoms with Crippen LogP contribution in [-0.4, -0.2) is 14.3 Å². The Hall–Kier alpha value is -1.50. The van der Waals surface area contributed by atoms with Crippen LogP contribution in [0, 0.1) is 0 Å². The fraction of sp³-hybridized carbons (Fsp3) is 0. The average Bonchev–Trinajstić information content (AvgIpc) is 2.39. The molecule has 1 aliphatic rings. The molecule has 0 amide bonds. The van der Waals surface area contributed by atoms with Crippen LogP contribution in [0.2, 0.25) is 0 Å². The van der Waals surface area contributed by atoms with Gasteiger partial charge < -0.3 is 18.5 Å². The molecule has 1 unspecified atom stereocenters. The Bertz CT molecular complexity index is 411. The van der Waals surface area contributed by atoms with Crippen molar-refractivity contribution in [3.63, 3.8) is 0 Å². The van der Waals surface area contributed by atoms with Crippen LogP contribution in [-0.2, 0) is 11.4 Å². The molecule has 0 bridgehead atoms. The van der Waals surface area contributed by atoms with Gasteiger partial charge in [-0.3, -0.25) is 4.79 Å². The first-order chi connectivity index (χ1) is 5.68. The molecule has 1 aromatic heterocycles. The van der Waals surface area contributed by atoms with Crippen molar-refractivity contribution in [2.24, 2.45) is 0 Å². The second-order valence-electron chi connectivity index (χ2n) is 2.03. The van der Waals surface area contributed by atoms with Gasteiger partial charge in [0.1, 0.15) is 0 Å². The molecule has 0 spiro atoms. The van der Waals surface area contributed by atoms with Crippen LogP contribution in [0.5, 0.6) is 17.2 Å². The predicted molar refractivity (Wildman–Crippen MR) is 38.1 cm³/mol. The van der Waals surface area contributed by atoms with E-state index in [9.17, 15) is 9.00 Å². The summed E-state index contributed by atoms with van der Waals surface area (Å²) in [7, 11) is 0. The Morgan fingerprint density at radius 1 is 1.50 bits per heavy atom. The fourth-order valence-corrected chi connectivity index (χ4v) is 1.39. The van der Waals surface area contributed by atoms with Crippen molar-refractivity contribution in [3.05, 3.63) is 16.6 Å². The largest absolute Gasteiger partial charge is 0.500 e. The number of hydrogen-bond donors (Lipinski definition) is 2. The van der Waals surface area contributed by atoms with Gasteiger partial charge in [0.2, 0.25) is 17.2 Å². The number of nitrogens with one attached hydrogen (secondary N) is 1. The molecule has 2 rings (SSSR count). The summed E-state index contributed by atoms with van der Waals surface area (Å²) in [6.07, 6.45) is 1.17. The highest BCUT2D eigenvalue weighted by molar-refractivity contribution is 7.76. The SMILES string of the molecule is O=c1[nH]cc2c(c1O)OS(=O)O2. The minimum atomic E-state index is -1.96. The van der Waals surface area contributed by atoms with E-state index < -0.39 is 22.7 Å². The van der Waals surface area contributed by atoms with Crippen LogP contribution in [0.1, 0.15) is 0 Å². The normalized spacial score (nSPS) is 19.5. The molecule has 0 saturated heterocycles. The van der Waals surface area contributed by atoms with Crippen molar-refractivity contribution in [2.75, 3.05) is 0 Å². The van der Waals surface area contributed by atoms with Crippen molar-refractivity contribution < 1.29 is 17.7 Å². The highest BCUT2D eigenvalue weighted by atomic mass is 32.2. The number of pyridine rings is 1. The van der Waals surface area contributed by atoms with Gasteiger partial charge in [-0.15, -0.1) is 0 Å². The summed E-state index contributed by atoms with van der Waals surface area (Å²) in [6.45, 7) is 0. The second kappa shape index (κ2) is 2.24. The third-order valence-corrected chi connectivity index (χ3v) is 1.92. The van der Waals surface area contributed by atoms with Crippen molar-refractivity contribution in [2.45, 2.75) is 0 Å². The van der Waals surface area contributed by atoms with Crippen molar-refractivity contribution in [1.29, 1.82) is 0 Å². The molecule has 0 fully saturated rings. The van der Waals surface area contributed by atoms with E-state index in [4.69, 9.17) is 5.11 Å². The van der Waals surface area contributed by atoms with Crippen LogP contribution in [0.4, 0.5) is 0 Å². The molecule has 1 aromatic rings. The predicted octanol–water partition coefficient (Wildman–Crippen LogP) is -0.570. The smallest absolute Gasteiger partial charge is 0.418 e. The molecular weight excluding hydrogens is 186 g/mol. The lowest BCUT2D eigenvalue weighted by atomic mass is 10.4. The molecule has 0 radical (unpaired) electrons. The standard InChI is InChI=1S/C5H3NO5S/c7-3-4-2(1-6-5(3)8)10-12(9)11-4/h1,7H,(H,6,8). The number of hydrogen-bond acceptors (Lipinski definition) is 5. The maximum absolute atomic E-state index is 10.7. The minimum Gasteiger partial charge on any atom is -0.500 e. The molecular formula is C5H3NO5S. The first-order valence-corrected chi connectivity index (χ1v) is 3.91. The van der Waals surface area contributed by atoms with Gasteiger partial charge in [0.15, 0.2) is 0 Å². The second-order valence-corrected chi connectivity index (χ2v) is 2.77. The molecule has 6 nitrogen and oxygen atoms in total. The van der Waals surface area contributed by atoms with E-state index in [1.54, 1.807) is 0 Å². The number of H-pyrrole nitrogens is 1. The Balaban J connectivity index is 2.68. The van der Waals surface area contributed by atoms with Gasteiger partial charge in [-0.25, -0.2) is 0 Å². The molecule has 12 heavy (non-hydrogen) atoms. The molecule has 64 valence electrons. The Morgan fingerprint density at radius 3 is 3.00 bits per heavy atom. The topological polar surface area (TPSA) is 88.6 Å². The molecule has 7 heteroatoms. The van der Waals surface area contributed by atoms with E-state index >= 15 is 0 Å². The van der Waals surface area contributed by atoms with Crippen LogP contribution in [0.15, 0.2) is 11.0 Å². The van der Waals surface area contributed by atoms with Gasteiger partial charge in [0.25, 0.3) is 5.56 Å². The highest BCUT2D eigenvalue weighted by Gasteiger charge is 2.26. The Labute approximate surface area is 68.6 Å². The lowest BCUT2D eigenvalue weighted by Crippen LogP contribution is -2.03. The Kier molecular flexibility index (Phi) is 1.34. The first-order valence-electron chi connectivity index (χ1n) is 2.91. The van der Waals surface area contributed by atoms with Crippen molar-refractivity contribution in [3.8, 4) is 17.2 Å². The van der Waals surface area contributed by atoms with Crippen molar-refractivity contribution in [1.82, 2.24) is 4.98 Å². The van der Waals surface area contributed by atoms with E-state index in [2.05, 4.69) is 13.4 Å². The van der Waals surface area contributed by atoms with E-state index in [0.717, 1.165) is 0 Å². The summed E-state index contributed by atoms with van der Waals surface area (Å²) in [4.78, 5) is 12.9. The summed E-state index contributed by atoms with van der Waals surface area (Å²) in [5, 5.41) is 9.05. The Morgan fingerprint density at radius 2 is 2.25 bits per heavy atom. The van der Waals surface area contributed by atoms with Crippen LogP contribution in [0.3, 0.4) is 0 Å². The highest BCUT2D eigenvalue weighted by Crippen LogP contribution is 2.38. The van der Waals surface area contributed by atoms with E-state index in [-0.39, 0.29) is 11.5 Å². The van der Waals surface area contributed by atoms with Gasteiger partial charge in [0, 0.05) is 0 Å². The monoisotopic (exact) mass is 189 g/mol. The van der Waals surface area contributed by atoms with Crippen molar-refractivity contribution >= 4 is 11.4 Å².